The van der Waals surface area contributed by atoms with E-state index in [-0.39, 0.29) is 10.8 Å². The number of nitrogens with one attached hydrogen (secondary N) is 2. The van der Waals surface area contributed by atoms with E-state index in [1.165, 1.54) is 6.07 Å². The predicted molar refractivity (Wildman–Crippen MR) is 89.4 cm³/mol. The predicted octanol–water partition coefficient (Wildman–Crippen LogP) is 4.85. The molecule has 0 amide bonds. The number of thiocarbonyl (C=S) groups is 1. The number of benzene rings is 2. The summed E-state index contributed by atoms with van der Waals surface area (Å²) in [5, 5.41) is 17.2. The van der Waals surface area contributed by atoms with Gasteiger partial charge in [-0.05, 0) is 42.5 Å². The molecular weight excluding hydrogens is 352 g/mol. The molecule has 0 bridgehead atoms. The Morgan fingerprint density at radius 1 is 1.14 bits per heavy atom. The van der Waals surface area contributed by atoms with Crippen LogP contribution >= 0.6 is 35.4 Å². The van der Waals surface area contributed by atoms with Gasteiger partial charge in [0, 0.05) is 5.02 Å². The first-order valence-electron chi connectivity index (χ1n) is 5.84. The summed E-state index contributed by atoms with van der Waals surface area (Å²) in [5.41, 5.74) is 0.0693. The fourth-order valence-corrected chi connectivity index (χ4v) is 2.19. The van der Waals surface area contributed by atoms with Crippen LogP contribution in [0.25, 0.3) is 0 Å². The lowest BCUT2D eigenvalue weighted by atomic mass is 10.2. The van der Waals surface area contributed by atoms with E-state index in [0.717, 1.165) is 12.1 Å². The van der Waals surface area contributed by atoms with Gasteiger partial charge >= 0.3 is 0 Å². The molecule has 0 spiro atoms. The molecule has 2 aromatic carbocycles. The van der Waals surface area contributed by atoms with Crippen molar-refractivity contribution in [3.8, 4) is 0 Å². The summed E-state index contributed by atoms with van der Waals surface area (Å²) in [5.74, 6) is -0.714. The van der Waals surface area contributed by atoms with Crippen molar-refractivity contribution in [2.24, 2.45) is 0 Å². The molecule has 0 atom stereocenters. The highest BCUT2D eigenvalue weighted by Gasteiger charge is 2.16. The van der Waals surface area contributed by atoms with Crippen LogP contribution in [0.4, 0.5) is 21.5 Å². The van der Waals surface area contributed by atoms with Crippen LogP contribution in [-0.2, 0) is 0 Å². The molecule has 2 N–H and O–H groups in total. The summed E-state index contributed by atoms with van der Waals surface area (Å²) in [6.07, 6.45) is 0. The van der Waals surface area contributed by atoms with Crippen molar-refractivity contribution in [1.82, 2.24) is 0 Å². The fraction of sp³-hybridized carbons (Fsp3) is 0. The van der Waals surface area contributed by atoms with Crippen molar-refractivity contribution in [2.45, 2.75) is 0 Å². The third-order valence-electron chi connectivity index (χ3n) is 2.58. The topological polar surface area (TPSA) is 67.2 Å². The molecule has 0 aliphatic heterocycles. The Morgan fingerprint density at radius 3 is 2.50 bits per heavy atom. The van der Waals surface area contributed by atoms with Gasteiger partial charge < -0.3 is 10.6 Å². The lowest BCUT2D eigenvalue weighted by molar-refractivity contribution is -0.384. The van der Waals surface area contributed by atoms with Crippen molar-refractivity contribution in [3.63, 3.8) is 0 Å². The van der Waals surface area contributed by atoms with E-state index < -0.39 is 16.4 Å². The summed E-state index contributed by atoms with van der Waals surface area (Å²) in [6.45, 7) is 0. The van der Waals surface area contributed by atoms with Crippen LogP contribution < -0.4 is 10.6 Å². The lowest BCUT2D eigenvalue weighted by Gasteiger charge is -2.12. The van der Waals surface area contributed by atoms with Crippen LogP contribution in [0.5, 0.6) is 0 Å². The average molecular weight is 360 g/mol. The molecule has 0 aliphatic rings. The Hall–Kier alpha value is -1.96. The van der Waals surface area contributed by atoms with Crippen molar-refractivity contribution in [2.75, 3.05) is 10.6 Å². The van der Waals surface area contributed by atoms with Crippen LogP contribution in [0.3, 0.4) is 0 Å². The van der Waals surface area contributed by atoms with Gasteiger partial charge in [-0.15, -0.1) is 0 Å². The molecule has 0 unspecified atom stereocenters. The molecule has 0 heterocycles. The summed E-state index contributed by atoms with van der Waals surface area (Å²) in [4.78, 5) is 10.2. The average Bonchev–Trinajstić information content (AvgIpc) is 2.44. The Bertz CT molecular complexity index is 758. The lowest BCUT2D eigenvalue weighted by Crippen LogP contribution is -2.20. The van der Waals surface area contributed by atoms with Gasteiger partial charge in [-0.1, -0.05) is 23.2 Å². The van der Waals surface area contributed by atoms with Gasteiger partial charge in [0.15, 0.2) is 5.11 Å². The van der Waals surface area contributed by atoms with E-state index in [0.29, 0.717) is 15.7 Å². The largest absolute Gasteiger partial charge is 0.331 e. The number of nitrogens with zero attached hydrogens (tertiary/aromatic N) is 1. The van der Waals surface area contributed by atoms with Gasteiger partial charge in [0.05, 0.1) is 21.7 Å². The van der Waals surface area contributed by atoms with Gasteiger partial charge in [-0.25, -0.2) is 4.39 Å². The second kappa shape index (κ2) is 6.87. The zero-order valence-electron chi connectivity index (χ0n) is 10.8. The van der Waals surface area contributed by atoms with Crippen LogP contribution in [0.2, 0.25) is 10.0 Å². The molecule has 0 saturated heterocycles. The molecule has 2 rings (SSSR count). The fourth-order valence-electron chi connectivity index (χ4n) is 1.63. The van der Waals surface area contributed by atoms with Gasteiger partial charge in [-0.2, -0.15) is 0 Å². The quantitative estimate of drug-likeness (QED) is 0.465. The van der Waals surface area contributed by atoms with E-state index in [9.17, 15) is 14.5 Å². The Morgan fingerprint density at radius 2 is 1.82 bits per heavy atom. The van der Waals surface area contributed by atoms with E-state index in [1.54, 1.807) is 18.2 Å². The van der Waals surface area contributed by atoms with Gasteiger partial charge in [-0.3, -0.25) is 10.1 Å². The standard InChI is InChI=1S/C13H8Cl2FN3O2S/c14-7-1-3-9(15)11(5-7)18-13(22)17-10-4-2-8(16)6-12(10)19(20)21/h1-6H,(H2,17,18,22). The molecule has 0 saturated carbocycles. The van der Waals surface area contributed by atoms with Crippen molar-refractivity contribution in [3.05, 3.63) is 62.4 Å². The van der Waals surface area contributed by atoms with Crippen molar-refractivity contribution >= 4 is 57.6 Å². The van der Waals surface area contributed by atoms with Gasteiger partial charge in [0.25, 0.3) is 5.69 Å². The van der Waals surface area contributed by atoms with Crippen LogP contribution in [0.1, 0.15) is 0 Å². The van der Waals surface area contributed by atoms with Gasteiger partial charge in [0.2, 0.25) is 0 Å². The minimum absolute atomic E-state index is 0.0545. The molecule has 0 aromatic heterocycles. The first-order valence-corrected chi connectivity index (χ1v) is 7.00. The number of hydrogen-bond donors (Lipinski definition) is 2. The molecule has 114 valence electrons. The molecule has 0 fully saturated rings. The minimum Gasteiger partial charge on any atom is -0.331 e. The zero-order valence-corrected chi connectivity index (χ0v) is 13.1. The van der Waals surface area contributed by atoms with Gasteiger partial charge in [0.1, 0.15) is 11.5 Å². The van der Waals surface area contributed by atoms with E-state index in [1.807, 2.05) is 0 Å². The SMILES string of the molecule is O=[N+]([O-])c1cc(F)ccc1NC(=S)Nc1cc(Cl)ccc1Cl. The maximum absolute atomic E-state index is 13.1. The monoisotopic (exact) mass is 359 g/mol. The molecule has 2 aromatic rings. The van der Waals surface area contributed by atoms with Crippen LogP contribution in [0, 0.1) is 15.9 Å². The second-order valence-electron chi connectivity index (χ2n) is 4.12. The Labute approximate surface area is 140 Å². The van der Waals surface area contributed by atoms with Crippen molar-refractivity contribution < 1.29 is 9.31 Å². The maximum Gasteiger partial charge on any atom is 0.295 e. The highest BCUT2D eigenvalue weighted by atomic mass is 35.5. The molecule has 5 nitrogen and oxygen atoms in total. The third-order valence-corrected chi connectivity index (χ3v) is 3.35. The molecule has 9 heteroatoms. The normalized spacial score (nSPS) is 10.1. The van der Waals surface area contributed by atoms with E-state index in [4.69, 9.17) is 35.4 Å². The first-order chi connectivity index (χ1) is 10.4. The number of anilines is 2. The Balaban J connectivity index is 2.19. The first kappa shape index (κ1) is 16.4. The summed E-state index contributed by atoms with van der Waals surface area (Å²) >= 11 is 16.9. The van der Waals surface area contributed by atoms with E-state index >= 15 is 0 Å². The van der Waals surface area contributed by atoms with Crippen LogP contribution in [-0.4, -0.2) is 10.0 Å². The summed E-state index contributed by atoms with van der Waals surface area (Å²) in [7, 11) is 0. The molecular formula is C13H8Cl2FN3O2S. The smallest absolute Gasteiger partial charge is 0.295 e. The number of rotatable bonds is 3. The number of hydrogen-bond acceptors (Lipinski definition) is 3. The minimum atomic E-state index is -0.714. The Kier molecular flexibility index (Phi) is 5.12. The highest BCUT2D eigenvalue weighted by Crippen LogP contribution is 2.27. The summed E-state index contributed by atoms with van der Waals surface area (Å²) < 4.78 is 13.1. The third kappa shape index (κ3) is 4.03. The number of nitro benzene ring substituents is 1. The molecule has 0 radical (unpaired) electrons. The van der Waals surface area contributed by atoms with Crippen LogP contribution in [0.15, 0.2) is 36.4 Å². The number of nitro groups is 1. The maximum atomic E-state index is 13.1. The second-order valence-corrected chi connectivity index (χ2v) is 5.37. The zero-order chi connectivity index (χ0) is 16.3. The number of halogens is 3. The van der Waals surface area contributed by atoms with E-state index in [2.05, 4.69) is 10.6 Å². The molecule has 0 aliphatic carbocycles. The molecule has 22 heavy (non-hydrogen) atoms. The summed E-state index contributed by atoms with van der Waals surface area (Å²) in [6, 6.07) is 7.85. The van der Waals surface area contributed by atoms with Crippen molar-refractivity contribution in [1.29, 1.82) is 0 Å². The highest BCUT2D eigenvalue weighted by molar-refractivity contribution is 7.80.